The molecule has 1 atom stereocenters. The maximum atomic E-state index is 4.67. The summed E-state index contributed by atoms with van der Waals surface area (Å²) in [6.07, 6.45) is 5.62. The van der Waals surface area contributed by atoms with Gasteiger partial charge in [0.15, 0.2) is 5.96 Å². The Labute approximate surface area is 143 Å². The molecule has 124 valence electrons. The maximum Gasteiger partial charge on any atom is 0.191 e. The van der Waals surface area contributed by atoms with Crippen molar-refractivity contribution in [3.05, 3.63) is 52.0 Å². The number of aliphatic imine (C=N–C) groups is 1. The fourth-order valence-electron chi connectivity index (χ4n) is 2.34. The standard InChI is InChI=1S/C18H26N4S/c1-4-20-18(21-11-9-16-6-5-10-19-13-16)22-14(2)12-17-8-7-15(3)23-17/h5-8,10,13-14H,4,9,11-12H2,1-3H3,(H2,20,21,22). The van der Waals surface area contributed by atoms with E-state index in [1.165, 1.54) is 15.3 Å². The molecule has 2 aromatic heterocycles. The van der Waals surface area contributed by atoms with Crippen LogP contribution in [-0.4, -0.2) is 30.1 Å². The predicted molar refractivity (Wildman–Crippen MR) is 99.3 cm³/mol. The van der Waals surface area contributed by atoms with Gasteiger partial charge in [-0.25, -0.2) is 0 Å². The summed E-state index contributed by atoms with van der Waals surface area (Å²) in [5.41, 5.74) is 1.22. The number of guanidine groups is 1. The molecule has 0 aliphatic carbocycles. The first kappa shape index (κ1) is 17.5. The van der Waals surface area contributed by atoms with Crippen LogP contribution in [0, 0.1) is 6.92 Å². The lowest BCUT2D eigenvalue weighted by Gasteiger charge is -2.17. The lowest BCUT2D eigenvalue weighted by atomic mass is 10.2. The van der Waals surface area contributed by atoms with Crippen molar-refractivity contribution in [2.45, 2.75) is 39.7 Å². The molecule has 0 aliphatic rings. The molecule has 0 radical (unpaired) electrons. The number of thiophene rings is 1. The molecule has 2 rings (SSSR count). The van der Waals surface area contributed by atoms with E-state index in [1.54, 1.807) is 6.20 Å². The maximum absolute atomic E-state index is 4.67. The van der Waals surface area contributed by atoms with E-state index >= 15 is 0 Å². The van der Waals surface area contributed by atoms with Crippen LogP contribution < -0.4 is 10.6 Å². The predicted octanol–water partition coefficient (Wildman–Crippen LogP) is 3.18. The van der Waals surface area contributed by atoms with Gasteiger partial charge in [0.1, 0.15) is 0 Å². The van der Waals surface area contributed by atoms with Crippen molar-refractivity contribution in [3.63, 3.8) is 0 Å². The van der Waals surface area contributed by atoms with E-state index in [2.05, 4.69) is 59.6 Å². The monoisotopic (exact) mass is 330 g/mol. The van der Waals surface area contributed by atoms with Gasteiger partial charge < -0.3 is 10.6 Å². The average Bonchev–Trinajstić information content (AvgIpc) is 2.93. The van der Waals surface area contributed by atoms with E-state index in [4.69, 9.17) is 0 Å². The van der Waals surface area contributed by atoms with Crippen LogP contribution in [0.3, 0.4) is 0 Å². The van der Waals surface area contributed by atoms with Crippen molar-refractivity contribution in [2.75, 3.05) is 13.1 Å². The van der Waals surface area contributed by atoms with Gasteiger partial charge in [-0.05, 0) is 51.0 Å². The Morgan fingerprint density at radius 3 is 2.87 bits per heavy atom. The molecule has 2 heterocycles. The fourth-order valence-corrected chi connectivity index (χ4v) is 3.36. The number of nitrogens with one attached hydrogen (secondary N) is 2. The van der Waals surface area contributed by atoms with Crippen LogP contribution >= 0.6 is 11.3 Å². The SMILES string of the molecule is CCNC(=NCCc1cccnc1)NC(C)Cc1ccc(C)s1. The van der Waals surface area contributed by atoms with Gasteiger partial charge in [0, 0.05) is 47.7 Å². The number of rotatable bonds is 7. The summed E-state index contributed by atoms with van der Waals surface area (Å²) in [5, 5.41) is 6.81. The number of nitrogens with zero attached hydrogens (tertiary/aromatic N) is 2. The Morgan fingerprint density at radius 2 is 2.22 bits per heavy atom. The first-order valence-electron chi connectivity index (χ1n) is 8.16. The van der Waals surface area contributed by atoms with Crippen LogP contribution in [0.15, 0.2) is 41.7 Å². The van der Waals surface area contributed by atoms with E-state index < -0.39 is 0 Å². The minimum absolute atomic E-state index is 0.351. The molecular weight excluding hydrogens is 304 g/mol. The summed E-state index contributed by atoms with van der Waals surface area (Å²) in [5.74, 6) is 0.886. The zero-order chi connectivity index (χ0) is 16.5. The smallest absolute Gasteiger partial charge is 0.191 e. The quantitative estimate of drug-likeness (QED) is 0.605. The Hall–Kier alpha value is -1.88. The van der Waals surface area contributed by atoms with Gasteiger partial charge in [-0.15, -0.1) is 11.3 Å². The first-order chi connectivity index (χ1) is 11.2. The van der Waals surface area contributed by atoms with Gasteiger partial charge >= 0.3 is 0 Å². The van der Waals surface area contributed by atoms with E-state index in [1.807, 2.05) is 23.6 Å². The fraction of sp³-hybridized carbons (Fsp3) is 0.444. The first-order valence-corrected chi connectivity index (χ1v) is 8.98. The third-order valence-electron chi connectivity index (χ3n) is 3.42. The van der Waals surface area contributed by atoms with Gasteiger partial charge in [-0.3, -0.25) is 9.98 Å². The lowest BCUT2D eigenvalue weighted by Crippen LogP contribution is -2.43. The molecule has 0 spiro atoms. The zero-order valence-corrected chi connectivity index (χ0v) is 15.0. The molecule has 1 unspecified atom stereocenters. The van der Waals surface area contributed by atoms with Gasteiger partial charge in [0.05, 0.1) is 0 Å². The van der Waals surface area contributed by atoms with Crippen molar-refractivity contribution >= 4 is 17.3 Å². The highest BCUT2D eigenvalue weighted by molar-refractivity contribution is 7.11. The third-order valence-corrected chi connectivity index (χ3v) is 4.45. The van der Waals surface area contributed by atoms with Crippen molar-refractivity contribution < 1.29 is 0 Å². The molecule has 4 nitrogen and oxygen atoms in total. The van der Waals surface area contributed by atoms with Crippen LogP contribution in [-0.2, 0) is 12.8 Å². The molecule has 0 amide bonds. The number of aromatic nitrogens is 1. The Kier molecular flexibility index (Phi) is 7.07. The highest BCUT2D eigenvalue weighted by Gasteiger charge is 2.07. The van der Waals surface area contributed by atoms with Crippen LogP contribution in [0.2, 0.25) is 0 Å². The third kappa shape index (κ3) is 6.40. The molecule has 0 aliphatic heterocycles. The van der Waals surface area contributed by atoms with E-state index in [-0.39, 0.29) is 0 Å². The zero-order valence-electron chi connectivity index (χ0n) is 14.2. The highest BCUT2D eigenvalue weighted by atomic mass is 32.1. The van der Waals surface area contributed by atoms with E-state index in [0.717, 1.165) is 31.9 Å². The molecule has 0 saturated heterocycles. The molecule has 0 aromatic carbocycles. The molecule has 2 N–H and O–H groups in total. The normalized spacial score (nSPS) is 12.9. The second-order valence-electron chi connectivity index (χ2n) is 5.63. The summed E-state index contributed by atoms with van der Waals surface area (Å²) in [4.78, 5) is 11.6. The Morgan fingerprint density at radius 1 is 1.35 bits per heavy atom. The topological polar surface area (TPSA) is 49.3 Å². The molecule has 23 heavy (non-hydrogen) atoms. The van der Waals surface area contributed by atoms with Crippen molar-refractivity contribution in [1.82, 2.24) is 15.6 Å². The lowest BCUT2D eigenvalue weighted by molar-refractivity contribution is 0.645. The second kappa shape index (κ2) is 9.30. The van der Waals surface area contributed by atoms with Gasteiger partial charge in [0.2, 0.25) is 0 Å². The molecule has 0 saturated carbocycles. The number of hydrogen-bond acceptors (Lipinski definition) is 3. The molecule has 5 heteroatoms. The van der Waals surface area contributed by atoms with Crippen molar-refractivity contribution in [3.8, 4) is 0 Å². The van der Waals surface area contributed by atoms with Crippen molar-refractivity contribution in [2.24, 2.45) is 4.99 Å². The minimum atomic E-state index is 0.351. The van der Waals surface area contributed by atoms with Crippen LogP contribution in [0.25, 0.3) is 0 Å². The van der Waals surface area contributed by atoms with Gasteiger partial charge in [-0.2, -0.15) is 0 Å². The minimum Gasteiger partial charge on any atom is -0.357 e. The summed E-state index contributed by atoms with van der Waals surface area (Å²) >= 11 is 1.86. The summed E-state index contributed by atoms with van der Waals surface area (Å²) < 4.78 is 0. The molecular formula is C18H26N4S. The van der Waals surface area contributed by atoms with Gasteiger partial charge in [0.25, 0.3) is 0 Å². The average molecular weight is 331 g/mol. The van der Waals surface area contributed by atoms with Crippen LogP contribution in [0.1, 0.15) is 29.2 Å². The number of hydrogen-bond donors (Lipinski definition) is 2. The van der Waals surface area contributed by atoms with Crippen LogP contribution in [0.5, 0.6) is 0 Å². The van der Waals surface area contributed by atoms with Gasteiger partial charge in [-0.1, -0.05) is 6.07 Å². The molecule has 0 bridgehead atoms. The largest absolute Gasteiger partial charge is 0.357 e. The Bertz CT molecular complexity index is 606. The summed E-state index contributed by atoms with van der Waals surface area (Å²) in [6.45, 7) is 8.06. The Balaban J connectivity index is 1.85. The molecule has 0 fully saturated rings. The summed E-state index contributed by atoms with van der Waals surface area (Å²) in [6, 6.07) is 8.80. The van der Waals surface area contributed by atoms with Crippen LogP contribution in [0.4, 0.5) is 0 Å². The highest BCUT2D eigenvalue weighted by Crippen LogP contribution is 2.16. The second-order valence-corrected chi connectivity index (χ2v) is 7.01. The molecule has 2 aromatic rings. The van der Waals surface area contributed by atoms with Crippen molar-refractivity contribution in [1.29, 1.82) is 0 Å². The number of pyridine rings is 1. The van der Waals surface area contributed by atoms with E-state index in [9.17, 15) is 0 Å². The number of aryl methyl sites for hydroxylation is 1. The summed E-state index contributed by atoms with van der Waals surface area (Å²) in [7, 11) is 0. The van der Waals surface area contributed by atoms with E-state index in [0.29, 0.717) is 6.04 Å².